The van der Waals surface area contributed by atoms with Gasteiger partial charge in [-0.05, 0) is 44.2 Å². The number of nitrogens with two attached hydrogens (primary N) is 1. The Morgan fingerprint density at radius 1 is 0.767 bits per heavy atom. The van der Waals surface area contributed by atoms with Crippen LogP contribution < -0.4 is 11.1 Å². The van der Waals surface area contributed by atoms with E-state index in [1.807, 2.05) is 0 Å². The van der Waals surface area contributed by atoms with Crippen LogP contribution in [0.4, 0.5) is 0 Å². The minimum atomic E-state index is -0.571. The van der Waals surface area contributed by atoms with E-state index < -0.39 is 5.91 Å². The summed E-state index contributed by atoms with van der Waals surface area (Å²) in [5.41, 5.74) is 5.95. The highest BCUT2D eigenvalue weighted by molar-refractivity contribution is 6.06. The van der Waals surface area contributed by atoms with Gasteiger partial charge < -0.3 is 11.1 Å². The zero-order chi connectivity index (χ0) is 21.9. The lowest BCUT2D eigenvalue weighted by Crippen LogP contribution is -2.27. The number of hydrogen-bond acceptors (Lipinski definition) is 2. The van der Waals surface area contributed by atoms with Gasteiger partial charge in [-0.2, -0.15) is 0 Å². The normalized spacial score (nSPS) is 11.1. The number of nitrogens with one attached hydrogen (secondary N) is 1. The van der Waals surface area contributed by atoms with Crippen molar-refractivity contribution in [1.29, 1.82) is 0 Å². The summed E-state index contributed by atoms with van der Waals surface area (Å²) >= 11 is 0. The number of hydrogen-bond donors (Lipinski definition) is 2. The van der Waals surface area contributed by atoms with Gasteiger partial charge in [0, 0.05) is 6.54 Å². The predicted octanol–water partition coefficient (Wildman–Crippen LogP) is 6.55. The topological polar surface area (TPSA) is 72.2 Å². The van der Waals surface area contributed by atoms with Crippen LogP contribution in [0.15, 0.2) is 36.4 Å². The van der Waals surface area contributed by atoms with Gasteiger partial charge in [-0.3, -0.25) is 9.59 Å². The fraction of sp³-hybridized carbons (Fsp3) is 0.615. The molecule has 0 spiro atoms. The van der Waals surface area contributed by atoms with Crippen molar-refractivity contribution in [2.75, 3.05) is 6.54 Å². The number of rotatable bonds is 18. The van der Waals surface area contributed by atoms with E-state index in [0.29, 0.717) is 12.1 Å². The van der Waals surface area contributed by atoms with E-state index in [4.69, 9.17) is 5.73 Å². The molecular formula is C26H42N2O2. The lowest BCUT2D eigenvalue weighted by atomic mass is 10.1. The summed E-state index contributed by atoms with van der Waals surface area (Å²) in [5, 5.41) is 2.89. The standard InChI is InChI=1S/C26H42N2O2/c1-2-3-4-5-6-7-8-9-10-11-12-13-14-15-16-19-22-28-26(30)24-21-18-17-20-23(24)25(27)29/h9-10,17-18,20-21H,2-8,11-16,19,22H2,1H3,(H2,27,29)(H,28,30)/b10-9-. The molecule has 168 valence electrons. The SMILES string of the molecule is CCCCCCCC/C=C\CCCCCCCCNC(=O)c1ccccc1C(N)=O. The molecule has 0 unspecified atom stereocenters. The molecule has 0 bridgehead atoms. The molecule has 0 aliphatic carbocycles. The van der Waals surface area contributed by atoms with Crippen LogP contribution in [0.25, 0.3) is 0 Å². The highest BCUT2D eigenvalue weighted by Crippen LogP contribution is 2.10. The Balaban J connectivity index is 1.94. The van der Waals surface area contributed by atoms with Crippen molar-refractivity contribution in [2.45, 2.75) is 96.8 Å². The van der Waals surface area contributed by atoms with E-state index in [0.717, 1.165) is 12.8 Å². The van der Waals surface area contributed by atoms with E-state index in [-0.39, 0.29) is 11.5 Å². The van der Waals surface area contributed by atoms with Crippen molar-refractivity contribution in [2.24, 2.45) is 5.73 Å². The maximum absolute atomic E-state index is 12.2. The minimum absolute atomic E-state index is 0.225. The zero-order valence-electron chi connectivity index (χ0n) is 19.0. The largest absolute Gasteiger partial charge is 0.366 e. The first-order chi connectivity index (χ1) is 14.7. The van der Waals surface area contributed by atoms with E-state index in [1.165, 1.54) is 77.0 Å². The number of carbonyl (C=O) groups excluding carboxylic acids is 2. The molecule has 1 aromatic rings. The molecule has 0 heterocycles. The van der Waals surface area contributed by atoms with Crippen molar-refractivity contribution < 1.29 is 9.59 Å². The van der Waals surface area contributed by atoms with Crippen LogP contribution in [-0.2, 0) is 0 Å². The van der Waals surface area contributed by atoms with Crippen molar-refractivity contribution in [3.63, 3.8) is 0 Å². The molecule has 0 fully saturated rings. The second kappa shape index (κ2) is 17.7. The van der Waals surface area contributed by atoms with Gasteiger partial charge in [-0.25, -0.2) is 0 Å². The zero-order valence-corrected chi connectivity index (χ0v) is 19.0. The highest BCUT2D eigenvalue weighted by Gasteiger charge is 2.13. The van der Waals surface area contributed by atoms with Gasteiger partial charge >= 0.3 is 0 Å². The number of carbonyl (C=O) groups is 2. The first-order valence-corrected chi connectivity index (χ1v) is 12.0. The Morgan fingerprint density at radius 3 is 1.83 bits per heavy atom. The van der Waals surface area contributed by atoms with Crippen LogP contribution in [0.1, 0.15) is 118 Å². The lowest BCUT2D eigenvalue weighted by Gasteiger charge is -2.08. The van der Waals surface area contributed by atoms with Gasteiger partial charge in [0.2, 0.25) is 5.91 Å². The maximum atomic E-state index is 12.2. The van der Waals surface area contributed by atoms with E-state index in [9.17, 15) is 9.59 Å². The van der Waals surface area contributed by atoms with Crippen LogP contribution >= 0.6 is 0 Å². The van der Waals surface area contributed by atoms with Crippen LogP contribution in [0, 0.1) is 0 Å². The Kier molecular flexibility index (Phi) is 15.3. The second-order valence-corrected chi connectivity index (χ2v) is 8.10. The van der Waals surface area contributed by atoms with Crippen LogP contribution in [0.5, 0.6) is 0 Å². The summed E-state index contributed by atoms with van der Waals surface area (Å²) in [7, 11) is 0. The predicted molar refractivity (Wildman–Crippen MR) is 127 cm³/mol. The van der Waals surface area contributed by atoms with Gasteiger partial charge in [0.15, 0.2) is 0 Å². The first-order valence-electron chi connectivity index (χ1n) is 12.0. The van der Waals surface area contributed by atoms with Crippen molar-refractivity contribution in [1.82, 2.24) is 5.32 Å². The van der Waals surface area contributed by atoms with Gasteiger partial charge in [0.1, 0.15) is 0 Å². The third-order valence-corrected chi connectivity index (χ3v) is 5.41. The Bertz CT molecular complexity index is 625. The number of allylic oxidation sites excluding steroid dienone is 2. The Morgan fingerprint density at radius 2 is 1.27 bits per heavy atom. The van der Waals surface area contributed by atoms with Gasteiger partial charge in [0.25, 0.3) is 5.91 Å². The number of amides is 2. The molecule has 0 atom stereocenters. The third kappa shape index (κ3) is 12.5. The van der Waals surface area contributed by atoms with E-state index in [1.54, 1.807) is 24.3 Å². The fourth-order valence-electron chi connectivity index (χ4n) is 3.57. The summed E-state index contributed by atoms with van der Waals surface area (Å²) in [4.78, 5) is 23.6. The minimum Gasteiger partial charge on any atom is -0.366 e. The van der Waals surface area contributed by atoms with E-state index in [2.05, 4.69) is 24.4 Å². The van der Waals surface area contributed by atoms with Gasteiger partial charge in [0.05, 0.1) is 11.1 Å². The average molecular weight is 415 g/mol. The lowest BCUT2D eigenvalue weighted by molar-refractivity contribution is 0.0935. The molecule has 0 saturated heterocycles. The smallest absolute Gasteiger partial charge is 0.252 e. The molecule has 4 heteroatoms. The molecule has 0 saturated carbocycles. The summed E-state index contributed by atoms with van der Waals surface area (Å²) < 4.78 is 0. The van der Waals surface area contributed by atoms with Crippen molar-refractivity contribution in [3.8, 4) is 0 Å². The van der Waals surface area contributed by atoms with Crippen LogP contribution in [-0.4, -0.2) is 18.4 Å². The molecule has 0 aliphatic heterocycles. The average Bonchev–Trinajstić information content (AvgIpc) is 2.75. The monoisotopic (exact) mass is 414 g/mol. The number of primary amides is 1. The number of unbranched alkanes of at least 4 members (excludes halogenated alkanes) is 12. The fourth-order valence-corrected chi connectivity index (χ4v) is 3.57. The van der Waals surface area contributed by atoms with Crippen molar-refractivity contribution >= 4 is 11.8 Å². The molecule has 0 radical (unpaired) electrons. The van der Waals surface area contributed by atoms with Crippen LogP contribution in [0.2, 0.25) is 0 Å². The molecule has 1 rings (SSSR count). The van der Waals surface area contributed by atoms with Crippen molar-refractivity contribution in [3.05, 3.63) is 47.5 Å². The molecule has 4 nitrogen and oxygen atoms in total. The highest BCUT2D eigenvalue weighted by atomic mass is 16.2. The second-order valence-electron chi connectivity index (χ2n) is 8.10. The summed E-state index contributed by atoms with van der Waals surface area (Å²) in [6.07, 6.45) is 22.5. The number of benzene rings is 1. The summed E-state index contributed by atoms with van der Waals surface area (Å²) in [6, 6.07) is 6.67. The molecule has 1 aromatic carbocycles. The summed E-state index contributed by atoms with van der Waals surface area (Å²) in [6.45, 7) is 2.89. The first kappa shape index (κ1) is 25.9. The Hall–Kier alpha value is -2.10. The van der Waals surface area contributed by atoms with Gasteiger partial charge in [-0.15, -0.1) is 0 Å². The molecule has 2 amide bonds. The van der Waals surface area contributed by atoms with Crippen LogP contribution in [0.3, 0.4) is 0 Å². The summed E-state index contributed by atoms with van der Waals surface area (Å²) in [5.74, 6) is -0.796. The third-order valence-electron chi connectivity index (χ3n) is 5.41. The molecule has 0 aromatic heterocycles. The molecule has 0 aliphatic rings. The quantitative estimate of drug-likeness (QED) is 0.211. The van der Waals surface area contributed by atoms with E-state index >= 15 is 0 Å². The van der Waals surface area contributed by atoms with Gasteiger partial charge in [-0.1, -0.05) is 89.0 Å². The molecular weight excluding hydrogens is 372 g/mol. The molecule has 30 heavy (non-hydrogen) atoms. The Labute approximate surface area is 183 Å². The molecule has 3 N–H and O–H groups in total. The maximum Gasteiger partial charge on any atom is 0.252 e.